The van der Waals surface area contributed by atoms with Gasteiger partial charge in [0.2, 0.25) is 0 Å². The fraction of sp³-hybridized carbons (Fsp3) is 0.417. The standard InChI is InChI=1S/C14H22OS.C10H12N2O/c1-4-5-10-14(15,12(3)16)13-8-6-11(2)7-9-13;1-3-7-5-4-6-8(10(11)13)9(7)12-2/h6-9,12,15-16H,4-5,10H2,1-3H3;3-6H,1-2H3,(H2,11,13)/b;7-3-,12-9?. The number of carbonyl (C=O) groups is 1. The lowest BCUT2D eigenvalue weighted by Gasteiger charge is -2.32. The number of allylic oxidation sites excluding steroid dienone is 5. The van der Waals surface area contributed by atoms with Gasteiger partial charge < -0.3 is 10.8 Å². The molecule has 1 aliphatic rings. The van der Waals surface area contributed by atoms with Gasteiger partial charge in [0.05, 0.1) is 11.3 Å². The smallest absolute Gasteiger partial charge is 0.250 e. The van der Waals surface area contributed by atoms with Crippen molar-refractivity contribution >= 4 is 24.2 Å². The Morgan fingerprint density at radius 3 is 2.41 bits per heavy atom. The molecule has 158 valence electrons. The summed E-state index contributed by atoms with van der Waals surface area (Å²) in [5.41, 5.74) is 8.66. The van der Waals surface area contributed by atoms with E-state index in [1.165, 1.54) is 5.56 Å². The zero-order valence-corrected chi connectivity index (χ0v) is 19.0. The maximum Gasteiger partial charge on any atom is 0.250 e. The highest BCUT2D eigenvalue weighted by atomic mass is 32.1. The van der Waals surface area contributed by atoms with Crippen LogP contribution < -0.4 is 5.73 Å². The summed E-state index contributed by atoms with van der Waals surface area (Å²) >= 11 is 4.44. The lowest BCUT2D eigenvalue weighted by Crippen LogP contribution is -2.34. The summed E-state index contributed by atoms with van der Waals surface area (Å²) in [5.74, 6) is -0.440. The van der Waals surface area contributed by atoms with Gasteiger partial charge in [0, 0.05) is 12.3 Å². The molecule has 1 aliphatic carbocycles. The lowest BCUT2D eigenvalue weighted by molar-refractivity contribution is -0.114. The summed E-state index contributed by atoms with van der Waals surface area (Å²) in [4.78, 5) is 15.0. The van der Waals surface area contributed by atoms with Crippen LogP contribution in [0.5, 0.6) is 0 Å². The Labute approximate surface area is 180 Å². The number of benzene rings is 1. The van der Waals surface area contributed by atoms with E-state index in [1.807, 2.05) is 50.3 Å². The van der Waals surface area contributed by atoms with Crippen molar-refractivity contribution in [2.75, 3.05) is 7.05 Å². The monoisotopic (exact) mass is 414 g/mol. The largest absolute Gasteiger partial charge is 0.384 e. The van der Waals surface area contributed by atoms with Gasteiger partial charge in [-0.15, -0.1) is 0 Å². The molecule has 1 aromatic rings. The highest BCUT2D eigenvalue weighted by Crippen LogP contribution is 2.33. The Balaban J connectivity index is 0.000000296. The minimum absolute atomic E-state index is 0.0539. The normalized spacial score (nSPS) is 19.2. The van der Waals surface area contributed by atoms with Crippen LogP contribution in [0.2, 0.25) is 0 Å². The van der Waals surface area contributed by atoms with Gasteiger partial charge >= 0.3 is 0 Å². The number of rotatable bonds is 6. The van der Waals surface area contributed by atoms with Gasteiger partial charge in [0.15, 0.2) is 0 Å². The van der Waals surface area contributed by atoms with Crippen LogP contribution in [0.15, 0.2) is 64.7 Å². The van der Waals surface area contributed by atoms with E-state index in [0.717, 1.165) is 30.4 Å². The first-order valence-corrected chi connectivity index (χ1v) is 10.5. The molecule has 0 heterocycles. The molecule has 0 aromatic heterocycles. The number of unbranched alkanes of at least 4 members (excludes halogenated alkanes) is 1. The highest BCUT2D eigenvalue weighted by molar-refractivity contribution is 7.81. The maximum absolute atomic E-state index is 11.0. The van der Waals surface area contributed by atoms with E-state index in [1.54, 1.807) is 19.2 Å². The molecule has 1 amide bonds. The predicted octanol–water partition coefficient (Wildman–Crippen LogP) is 4.68. The molecule has 2 atom stereocenters. The number of aliphatic hydroxyl groups is 1. The average Bonchev–Trinajstić information content (AvgIpc) is 2.71. The fourth-order valence-corrected chi connectivity index (χ4v) is 3.40. The van der Waals surface area contributed by atoms with Gasteiger partial charge in [-0.3, -0.25) is 9.79 Å². The Kier molecular flexibility index (Phi) is 10.1. The average molecular weight is 415 g/mol. The first kappa shape index (κ1) is 24.9. The Hall–Kier alpha value is -2.11. The Bertz CT molecular complexity index is 805. The number of nitrogens with zero attached hydrogens (tertiary/aromatic N) is 1. The molecule has 0 spiro atoms. The number of hydrogen-bond donors (Lipinski definition) is 3. The molecular weight excluding hydrogens is 380 g/mol. The van der Waals surface area contributed by atoms with Crippen molar-refractivity contribution in [3.63, 3.8) is 0 Å². The van der Waals surface area contributed by atoms with Crippen molar-refractivity contribution in [2.45, 2.75) is 57.8 Å². The summed E-state index contributed by atoms with van der Waals surface area (Å²) in [5, 5.41) is 10.7. The summed E-state index contributed by atoms with van der Waals surface area (Å²) < 4.78 is 0. The van der Waals surface area contributed by atoms with Crippen LogP contribution in [0.1, 0.15) is 51.2 Å². The Morgan fingerprint density at radius 2 is 1.97 bits per heavy atom. The fourth-order valence-electron chi connectivity index (χ4n) is 3.13. The third-order valence-corrected chi connectivity index (χ3v) is 5.45. The summed E-state index contributed by atoms with van der Waals surface area (Å²) in [7, 11) is 1.65. The second-order valence-corrected chi connectivity index (χ2v) is 7.96. The Morgan fingerprint density at radius 1 is 1.34 bits per heavy atom. The van der Waals surface area contributed by atoms with E-state index >= 15 is 0 Å². The summed E-state index contributed by atoms with van der Waals surface area (Å²) in [6, 6.07) is 8.11. The van der Waals surface area contributed by atoms with E-state index in [9.17, 15) is 9.90 Å². The van der Waals surface area contributed by atoms with E-state index in [2.05, 4.69) is 31.5 Å². The van der Waals surface area contributed by atoms with Crippen molar-refractivity contribution < 1.29 is 9.90 Å². The number of aliphatic imine (C=N–C) groups is 1. The maximum atomic E-state index is 11.0. The SMILES string of the molecule is C/C=C1/C=CC=C(C(N)=O)C1=NC.CCCCC(O)(c1ccc(C)cc1)C(C)S. The van der Waals surface area contributed by atoms with Gasteiger partial charge in [-0.25, -0.2) is 0 Å². The van der Waals surface area contributed by atoms with Crippen LogP contribution in [0.4, 0.5) is 0 Å². The second kappa shape index (κ2) is 11.8. The topological polar surface area (TPSA) is 75.7 Å². The predicted molar refractivity (Wildman–Crippen MR) is 127 cm³/mol. The summed E-state index contributed by atoms with van der Waals surface area (Å²) in [6.45, 7) is 8.05. The minimum Gasteiger partial charge on any atom is -0.384 e. The van der Waals surface area contributed by atoms with Gasteiger partial charge in [-0.2, -0.15) is 12.6 Å². The number of aryl methyl sites for hydroxylation is 1. The molecule has 2 unspecified atom stereocenters. The van der Waals surface area contributed by atoms with Crippen LogP contribution in [0.25, 0.3) is 0 Å². The first-order valence-electron chi connectivity index (χ1n) is 10.0. The van der Waals surface area contributed by atoms with Gasteiger partial charge in [0.25, 0.3) is 5.91 Å². The third kappa shape index (κ3) is 6.72. The van der Waals surface area contributed by atoms with Crippen molar-refractivity contribution in [3.05, 3.63) is 70.8 Å². The molecule has 3 N–H and O–H groups in total. The van der Waals surface area contributed by atoms with E-state index in [0.29, 0.717) is 11.3 Å². The van der Waals surface area contributed by atoms with E-state index in [4.69, 9.17) is 5.73 Å². The molecule has 4 nitrogen and oxygen atoms in total. The van der Waals surface area contributed by atoms with Crippen LogP contribution in [-0.4, -0.2) is 29.0 Å². The first-order chi connectivity index (χ1) is 13.7. The van der Waals surface area contributed by atoms with Gasteiger partial charge in [0.1, 0.15) is 5.60 Å². The zero-order valence-electron chi connectivity index (χ0n) is 18.1. The molecular formula is C24H34N2O2S. The van der Waals surface area contributed by atoms with Crippen LogP contribution in [0, 0.1) is 6.92 Å². The number of primary amides is 1. The highest BCUT2D eigenvalue weighted by Gasteiger charge is 2.32. The number of nitrogens with two attached hydrogens (primary N) is 1. The van der Waals surface area contributed by atoms with E-state index < -0.39 is 11.5 Å². The molecule has 1 aromatic carbocycles. The number of amides is 1. The molecule has 0 saturated carbocycles. The third-order valence-electron chi connectivity index (χ3n) is 5.02. The van der Waals surface area contributed by atoms with Gasteiger partial charge in [-0.1, -0.05) is 74.7 Å². The van der Waals surface area contributed by atoms with Crippen molar-refractivity contribution in [1.29, 1.82) is 0 Å². The molecule has 0 saturated heterocycles. The van der Waals surface area contributed by atoms with Crippen molar-refractivity contribution in [3.8, 4) is 0 Å². The van der Waals surface area contributed by atoms with Crippen LogP contribution in [-0.2, 0) is 10.4 Å². The minimum atomic E-state index is -0.799. The number of carbonyl (C=O) groups excluding carboxylic acids is 1. The molecule has 0 bridgehead atoms. The summed E-state index contributed by atoms with van der Waals surface area (Å²) in [6.07, 6.45) is 10.2. The van der Waals surface area contributed by atoms with Crippen molar-refractivity contribution in [2.24, 2.45) is 10.7 Å². The van der Waals surface area contributed by atoms with E-state index in [-0.39, 0.29) is 5.25 Å². The number of thiol groups is 1. The zero-order chi connectivity index (χ0) is 22.0. The quantitative estimate of drug-likeness (QED) is 0.591. The number of hydrogen-bond acceptors (Lipinski definition) is 4. The molecule has 2 rings (SSSR count). The van der Waals surface area contributed by atoms with Crippen LogP contribution in [0.3, 0.4) is 0 Å². The van der Waals surface area contributed by atoms with Crippen LogP contribution >= 0.6 is 12.6 Å². The lowest BCUT2D eigenvalue weighted by atomic mass is 9.85. The molecule has 29 heavy (non-hydrogen) atoms. The second-order valence-electron chi connectivity index (χ2n) is 7.19. The molecule has 0 aliphatic heterocycles. The molecule has 0 radical (unpaired) electrons. The molecule has 5 heteroatoms. The van der Waals surface area contributed by atoms with Gasteiger partial charge in [-0.05, 0) is 37.5 Å². The van der Waals surface area contributed by atoms with Crippen molar-refractivity contribution in [1.82, 2.24) is 0 Å². The molecule has 0 fully saturated rings.